The molecule has 9 nitrogen and oxygen atoms in total. The highest BCUT2D eigenvalue weighted by Gasteiger charge is 2.28. The van der Waals surface area contributed by atoms with Crippen molar-refractivity contribution in [2.24, 2.45) is 0 Å². The van der Waals surface area contributed by atoms with Gasteiger partial charge in [0.25, 0.3) is 5.78 Å². The number of anilines is 1. The van der Waals surface area contributed by atoms with E-state index in [2.05, 4.69) is 42.7 Å². The average Bonchev–Trinajstić information content (AvgIpc) is 3.39. The molecule has 0 bridgehead atoms. The summed E-state index contributed by atoms with van der Waals surface area (Å²) in [7, 11) is 0. The Hall–Kier alpha value is -4.34. The maximum Gasteiger partial charge on any atom is 0.254 e. The van der Waals surface area contributed by atoms with E-state index in [1.807, 2.05) is 25.1 Å². The molecule has 39 heavy (non-hydrogen) atoms. The molecule has 1 aliphatic heterocycles. The first-order chi connectivity index (χ1) is 18.9. The van der Waals surface area contributed by atoms with E-state index in [1.54, 1.807) is 16.6 Å². The van der Waals surface area contributed by atoms with Crippen molar-refractivity contribution < 1.29 is 14.0 Å². The SMILES string of the molecule is CC(=O)N[C@H](Cc1ccc(F)cc1)C(=O)NC1CCN(c2c(Cc3ccccc3)c(C)nc3ncnn23)CC1. The number of nitrogens with zero attached hydrogens (tertiary/aromatic N) is 5. The Kier molecular flexibility index (Phi) is 7.81. The molecule has 3 heterocycles. The fourth-order valence-corrected chi connectivity index (χ4v) is 5.15. The number of aryl methyl sites for hydroxylation is 1. The lowest BCUT2D eigenvalue weighted by atomic mass is 10.00. The van der Waals surface area contributed by atoms with E-state index in [0.717, 1.165) is 41.9 Å². The number of fused-ring (bicyclic) bond motifs is 1. The molecule has 10 heteroatoms. The molecule has 0 saturated carbocycles. The minimum absolute atomic E-state index is 0.0371. The Balaban J connectivity index is 1.29. The average molecular weight is 530 g/mol. The Bertz CT molecular complexity index is 1450. The van der Waals surface area contributed by atoms with E-state index in [-0.39, 0.29) is 30.1 Å². The fraction of sp³-hybridized carbons (Fsp3) is 0.345. The fourth-order valence-electron chi connectivity index (χ4n) is 5.15. The van der Waals surface area contributed by atoms with Crippen LogP contribution in [0, 0.1) is 12.7 Å². The maximum absolute atomic E-state index is 13.3. The molecule has 4 aromatic rings. The molecule has 1 atom stereocenters. The number of benzene rings is 2. The number of carbonyl (C=O) groups excluding carboxylic acids is 2. The number of rotatable bonds is 8. The molecule has 0 aliphatic carbocycles. The molecule has 1 fully saturated rings. The summed E-state index contributed by atoms with van der Waals surface area (Å²) in [6, 6.07) is 15.5. The van der Waals surface area contributed by atoms with Crippen LogP contribution in [0.3, 0.4) is 0 Å². The third kappa shape index (κ3) is 6.22. The van der Waals surface area contributed by atoms with Crippen molar-refractivity contribution in [1.29, 1.82) is 0 Å². The summed E-state index contributed by atoms with van der Waals surface area (Å²) < 4.78 is 15.1. The zero-order chi connectivity index (χ0) is 27.4. The Morgan fingerprint density at radius 1 is 1.05 bits per heavy atom. The summed E-state index contributed by atoms with van der Waals surface area (Å²) in [5.74, 6) is 0.675. The molecule has 2 amide bonds. The summed E-state index contributed by atoms with van der Waals surface area (Å²) in [6.45, 7) is 4.83. The van der Waals surface area contributed by atoms with Crippen molar-refractivity contribution in [3.63, 3.8) is 0 Å². The van der Waals surface area contributed by atoms with Gasteiger partial charge in [0.1, 0.15) is 24.0 Å². The second-order valence-electron chi connectivity index (χ2n) is 9.99. The minimum Gasteiger partial charge on any atom is -0.356 e. The number of carbonyl (C=O) groups is 2. The molecular formula is C29H32FN7O2. The number of hydrogen-bond acceptors (Lipinski definition) is 6. The van der Waals surface area contributed by atoms with Gasteiger partial charge in [0, 0.05) is 50.2 Å². The van der Waals surface area contributed by atoms with Gasteiger partial charge in [-0.2, -0.15) is 14.6 Å². The maximum atomic E-state index is 13.3. The molecule has 0 unspecified atom stereocenters. The van der Waals surface area contributed by atoms with Gasteiger partial charge in [-0.3, -0.25) is 9.59 Å². The third-order valence-corrected chi connectivity index (χ3v) is 7.12. The predicted molar refractivity (Wildman–Crippen MR) is 146 cm³/mol. The van der Waals surface area contributed by atoms with Crippen molar-refractivity contribution in [3.8, 4) is 0 Å². The quantitative estimate of drug-likeness (QED) is 0.364. The normalized spacial score (nSPS) is 14.8. The van der Waals surface area contributed by atoms with Crippen molar-refractivity contribution in [1.82, 2.24) is 30.2 Å². The van der Waals surface area contributed by atoms with Crippen LogP contribution in [0.4, 0.5) is 10.2 Å². The molecule has 202 valence electrons. The lowest BCUT2D eigenvalue weighted by molar-refractivity contribution is -0.128. The van der Waals surface area contributed by atoms with Gasteiger partial charge in [0.15, 0.2) is 0 Å². The molecule has 0 spiro atoms. The van der Waals surface area contributed by atoms with Crippen LogP contribution in [-0.2, 0) is 22.4 Å². The van der Waals surface area contributed by atoms with Crippen molar-refractivity contribution in [2.75, 3.05) is 18.0 Å². The lowest BCUT2D eigenvalue weighted by Gasteiger charge is -2.35. The van der Waals surface area contributed by atoms with Gasteiger partial charge in [0.2, 0.25) is 11.8 Å². The number of halogens is 1. The Labute approximate surface area is 226 Å². The second kappa shape index (κ2) is 11.6. The van der Waals surface area contributed by atoms with E-state index >= 15 is 0 Å². The molecule has 2 aromatic heterocycles. The first kappa shape index (κ1) is 26.3. The highest BCUT2D eigenvalue weighted by molar-refractivity contribution is 5.87. The van der Waals surface area contributed by atoms with Gasteiger partial charge < -0.3 is 15.5 Å². The van der Waals surface area contributed by atoms with Gasteiger partial charge >= 0.3 is 0 Å². The van der Waals surface area contributed by atoms with Crippen molar-refractivity contribution in [3.05, 3.63) is 89.1 Å². The van der Waals surface area contributed by atoms with Crippen LogP contribution >= 0.6 is 0 Å². The van der Waals surface area contributed by atoms with Crippen LogP contribution in [0.15, 0.2) is 60.9 Å². The highest BCUT2D eigenvalue weighted by atomic mass is 19.1. The number of amides is 2. The van der Waals surface area contributed by atoms with Crippen LogP contribution in [0.5, 0.6) is 0 Å². The Morgan fingerprint density at radius 2 is 1.77 bits per heavy atom. The van der Waals surface area contributed by atoms with Crippen LogP contribution in [0.1, 0.15) is 42.1 Å². The smallest absolute Gasteiger partial charge is 0.254 e. The number of nitrogens with one attached hydrogen (secondary N) is 2. The van der Waals surface area contributed by atoms with Crippen LogP contribution in [0.25, 0.3) is 5.78 Å². The molecule has 0 radical (unpaired) electrons. The summed E-state index contributed by atoms with van der Waals surface area (Å²) in [5.41, 5.74) is 3.99. The molecule has 1 saturated heterocycles. The van der Waals surface area contributed by atoms with Crippen LogP contribution < -0.4 is 15.5 Å². The Morgan fingerprint density at radius 3 is 2.46 bits per heavy atom. The third-order valence-electron chi connectivity index (χ3n) is 7.12. The molecule has 2 aromatic carbocycles. The molecule has 5 rings (SSSR count). The second-order valence-corrected chi connectivity index (χ2v) is 9.99. The van der Waals surface area contributed by atoms with E-state index in [1.165, 1.54) is 30.9 Å². The number of aromatic nitrogens is 4. The van der Waals surface area contributed by atoms with E-state index in [0.29, 0.717) is 18.9 Å². The van der Waals surface area contributed by atoms with Crippen LogP contribution in [0.2, 0.25) is 0 Å². The first-order valence-electron chi connectivity index (χ1n) is 13.2. The van der Waals surface area contributed by atoms with Crippen molar-refractivity contribution in [2.45, 2.75) is 51.6 Å². The standard InChI is InChI=1S/C29H32FN7O2/c1-19-25(16-21-6-4-3-5-7-21)28(37-29(33-19)31-18-32-37)36-14-12-24(13-15-36)35-27(39)26(34-20(2)38)17-22-8-10-23(30)11-9-22/h3-11,18,24,26H,12-17H2,1-2H3,(H,34,38)(H,35,39)/t26-/m1/s1. The van der Waals surface area contributed by atoms with Gasteiger partial charge in [0.05, 0.1) is 0 Å². The zero-order valence-corrected chi connectivity index (χ0v) is 22.1. The van der Waals surface area contributed by atoms with E-state index in [9.17, 15) is 14.0 Å². The van der Waals surface area contributed by atoms with Gasteiger partial charge in [-0.1, -0.05) is 42.5 Å². The summed E-state index contributed by atoms with van der Waals surface area (Å²) in [6.07, 6.45) is 4.00. The number of piperidine rings is 1. The van der Waals surface area contributed by atoms with Gasteiger partial charge in [-0.15, -0.1) is 0 Å². The number of hydrogen-bond donors (Lipinski definition) is 2. The van der Waals surface area contributed by atoms with Crippen LogP contribution in [-0.4, -0.2) is 56.6 Å². The zero-order valence-electron chi connectivity index (χ0n) is 22.1. The predicted octanol–water partition coefficient (Wildman–Crippen LogP) is 3.00. The monoisotopic (exact) mass is 529 g/mol. The van der Waals surface area contributed by atoms with E-state index < -0.39 is 6.04 Å². The van der Waals surface area contributed by atoms with Gasteiger partial charge in [-0.25, -0.2) is 9.37 Å². The minimum atomic E-state index is -0.735. The summed E-state index contributed by atoms with van der Waals surface area (Å²) in [5, 5.41) is 10.3. The highest BCUT2D eigenvalue weighted by Crippen LogP contribution is 2.28. The first-order valence-corrected chi connectivity index (χ1v) is 13.2. The lowest BCUT2D eigenvalue weighted by Crippen LogP contribution is -2.52. The van der Waals surface area contributed by atoms with Gasteiger partial charge in [-0.05, 0) is 43.0 Å². The van der Waals surface area contributed by atoms with E-state index in [4.69, 9.17) is 0 Å². The molecular weight excluding hydrogens is 497 g/mol. The summed E-state index contributed by atoms with van der Waals surface area (Å²) >= 11 is 0. The largest absolute Gasteiger partial charge is 0.356 e. The summed E-state index contributed by atoms with van der Waals surface area (Å²) in [4.78, 5) is 36.3. The van der Waals surface area contributed by atoms with Crippen molar-refractivity contribution >= 4 is 23.4 Å². The topological polar surface area (TPSA) is 105 Å². The molecule has 2 N–H and O–H groups in total. The molecule has 1 aliphatic rings.